The summed E-state index contributed by atoms with van der Waals surface area (Å²) in [5.74, 6) is 0.997. The zero-order valence-electron chi connectivity index (χ0n) is 23.7. The minimum absolute atomic E-state index is 0.222. The molecule has 0 bridgehead atoms. The summed E-state index contributed by atoms with van der Waals surface area (Å²) >= 11 is 5.36. The molecule has 1 aromatic rings. The molecule has 2 unspecified atom stereocenters. The molecule has 1 aromatic heterocycles. The number of unbranched alkanes of at least 4 members (excludes halogenated alkanes) is 1. The number of urea groups is 1. The third-order valence-electron chi connectivity index (χ3n) is 7.04. The van der Waals surface area contributed by atoms with Crippen LogP contribution in [-0.2, 0) is 11.2 Å². The van der Waals surface area contributed by atoms with Gasteiger partial charge in [-0.05, 0) is 0 Å². The van der Waals surface area contributed by atoms with Crippen LogP contribution in [0.25, 0.3) is 0 Å². The van der Waals surface area contributed by atoms with Gasteiger partial charge in [-0.2, -0.15) is 0 Å². The predicted molar refractivity (Wildman–Crippen MR) is 164 cm³/mol. The molecule has 0 spiro atoms. The molecular weight excluding hydrogens is 545 g/mol. The Morgan fingerprint density at radius 3 is 2.68 bits per heavy atom. The van der Waals surface area contributed by atoms with Crippen LogP contribution in [0.1, 0.15) is 102 Å². The molecule has 1 aliphatic heterocycles. The summed E-state index contributed by atoms with van der Waals surface area (Å²) in [4.78, 5) is 14.5. The van der Waals surface area contributed by atoms with E-state index in [4.69, 9.17) is 12.2 Å². The third kappa shape index (κ3) is 8.06. The maximum atomic E-state index is 13.2. The number of hydrogen-bond acceptors (Lipinski definition) is 4. The number of allylic oxidation sites excluding steroid dienone is 1. The van der Waals surface area contributed by atoms with E-state index < -0.39 is 5.60 Å². The Morgan fingerprint density at radius 2 is 2.03 bits per heavy atom. The van der Waals surface area contributed by atoms with Crippen molar-refractivity contribution < 1.29 is 9.53 Å². The molecule has 0 fully saturated rings. The van der Waals surface area contributed by atoms with Crippen molar-refractivity contribution >= 4 is 51.4 Å². The fraction of sp³-hybridized carbons (Fsp3) is 0.655. The van der Waals surface area contributed by atoms with Crippen LogP contribution in [0.3, 0.4) is 0 Å². The number of rotatable bonds is 9. The number of amides is 2. The second kappa shape index (κ2) is 13.1. The summed E-state index contributed by atoms with van der Waals surface area (Å²) in [5.41, 5.74) is 6.08. The Kier molecular flexibility index (Phi) is 10.7. The molecule has 37 heavy (non-hydrogen) atoms. The summed E-state index contributed by atoms with van der Waals surface area (Å²) in [5, 5.41) is 10.5. The maximum absolute atomic E-state index is 13.2. The number of hydrogen-bond donors (Lipinski definition) is 3. The zero-order chi connectivity index (χ0) is 27.3. The summed E-state index contributed by atoms with van der Waals surface area (Å²) in [7, 11) is 6.54. The molecule has 2 aliphatic rings. The van der Waals surface area contributed by atoms with E-state index >= 15 is 0 Å². The second-order valence-corrected chi connectivity index (χ2v) is 13.8. The average molecular weight is 589 g/mol. The zero-order valence-corrected chi connectivity index (χ0v) is 26.1. The molecule has 203 valence electrons. The van der Waals surface area contributed by atoms with E-state index in [2.05, 4.69) is 59.6 Å². The van der Waals surface area contributed by atoms with Gasteiger partial charge in [0.1, 0.15) is 0 Å². The van der Waals surface area contributed by atoms with Crippen LogP contribution in [-0.4, -0.2) is 44.4 Å². The van der Waals surface area contributed by atoms with Gasteiger partial charge in [-0.1, -0.05) is 13.3 Å². The van der Waals surface area contributed by atoms with Gasteiger partial charge in [0.15, 0.2) is 0 Å². The molecule has 1 aliphatic carbocycles. The number of anilines is 1. The van der Waals surface area contributed by atoms with E-state index in [0.29, 0.717) is 24.0 Å². The molecule has 0 saturated heterocycles. The van der Waals surface area contributed by atoms with Gasteiger partial charge in [-0.3, -0.25) is 0 Å². The van der Waals surface area contributed by atoms with E-state index in [-0.39, 0.29) is 6.03 Å². The van der Waals surface area contributed by atoms with Crippen molar-refractivity contribution in [2.45, 2.75) is 98.5 Å². The molecule has 2 heterocycles. The van der Waals surface area contributed by atoms with Gasteiger partial charge in [0.25, 0.3) is 0 Å². The van der Waals surface area contributed by atoms with Gasteiger partial charge in [0.05, 0.1) is 0 Å². The summed E-state index contributed by atoms with van der Waals surface area (Å²) < 4.78 is 7.17. The number of carbonyl (C=O) groups excluding carboxylic acids is 1. The first kappa shape index (κ1) is 30.2. The molecular formula is C29H44BBrN3O2S. The van der Waals surface area contributed by atoms with E-state index in [0.717, 1.165) is 53.8 Å². The fourth-order valence-electron chi connectivity index (χ4n) is 5.44. The van der Waals surface area contributed by atoms with Gasteiger partial charge >= 0.3 is 225 Å². The molecule has 0 saturated carbocycles. The Morgan fingerprint density at radius 1 is 1.30 bits per heavy atom. The van der Waals surface area contributed by atoms with Crippen molar-refractivity contribution in [3.63, 3.8) is 0 Å². The van der Waals surface area contributed by atoms with Gasteiger partial charge in [0, 0.05) is 0 Å². The Hall–Kier alpha value is -1.38. The second-order valence-electron chi connectivity index (χ2n) is 11.6. The number of halogens is 1. The van der Waals surface area contributed by atoms with Crippen LogP contribution >= 0.6 is 27.3 Å². The molecule has 2 atom stereocenters. The van der Waals surface area contributed by atoms with Crippen LogP contribution < -0.4 is 16.0 Å². The van der Waals surface area contributed by atoms with Gasteiger partial charge in [0.2, 0.25) is 0 Å². The molecule has 3 N–H and O–H groups in total. The normalized spacial score (nSPS) is 20.7. The summed E-state index contributed by atoms with van der Waals surface area (Å²) in [6, 6.07) is -0.222. The van der Waals surface area contributed by atoms with Crippen LogP contribution in [0.5, 0.6) is 0 Å². The number of fused-ring (bicyclic) bond motifs is 1. The van der Waals surface area contributed by atoms with Crippen LogP contribution in [0.15, 0.2) is 21.2 Å². The van der Waals surface area contributed by atoms with Crippen molar-refractivity contribution in [3.8, 4) is 0 Å². The molecule has 3 rings (SSSR count). The van der Waals surface area contributed by atoms with Crippen LogP contribution in [0.4, 0.5) is 9.80 Å². The standard InChI is InChI=1S/C29H44BBrN3O2S/c1-8-9-10-20-15-32-12-11-21(20)23(19(4)31)16-33-28(35)34-27-24(26(30)36-29(5,6)7)22-14-17(2)13-18(3)25(22)37-27/h17-18,32H,8-16H2,1-7H3,(H2,33,34,35)/b23-19+. The molecule has 0 aromatic carbocycles. The third-order valence-corrected chi connectivity index (χ3v) is 8.90. The number of carbonyl (C=O) groups is 1. The van der Waals surface area contributed by atoms with Gasteiger partial charge in [-0.25, -0.2) is 0 Å². The van der Waals surface area contributed by atoms with Crippen molar-refractivity contribution in [2.24, 2.45) is 5.92 Å². The minimum atomic E-state index is -0.421. The topological polar surface area (TPSA) is 62.4 Å². The first-order valence-corrected chi connectivity index (χ1v) is 15.3. The SMILES string of the molecule is [B]=C(OC(C)(C)C)c1c(NC(=O)NC/C(C2=C(CCCC)CNCC2)=C(/C)Br)sc2c1CC(C)CC2C. The number of ether oxygens (including phenoxy) is 1. The predicted octanol–water partition coefficient (Wildman–Crippen LogP) is 7.17. The molecule has 2 amide bonds. The van der Waals surface area contributed by atoms with E-state index in [1.165, 1.54) is 40.0 Å². The Labute approximate surface area is 237 Å². The number of thiophene rings is 1. The Bertz CT molecular complexity index is 1070. The van der Waals surface area contributed by atoms with Crippen molar-refractivity contribution in [1.29, 1.82) is 0 Å². The van der Waals surface area contributed by atoms with Crippen molar-refractivity contribution in [1.82, 2.24) is 10.6 Å². The molecule has 8 heteroatoms. The van der Waals surface area contributed by atoms with Crippen molar-refractivity contribution in [2.75, 3.05) is 25.0 Å². The van der Waals surface area contributed by atoms with Crippen LogP contribution in [0.2, 0.25) is 0 Å². The van der Waals surface area contributed by atoms with Crippen molar-refractivity contribution in [3.05, 3.63) is 37.2 Å². The Balaban J connectivity index is 1.82. The van der Waals surface area contributed by atoms with E-state index in [1.54, 1.807) is 11.3 Å². The summed E-state index contributed by atoms with van der Waals surface area (Å²) in [6.45, 7) is 17.2. The summed E-state index contributed by atoms with van der Waals surface area (Å²) in [6.07, 6.45) is 6.52. The number of nitrogens with one attached hydrogen (secondary N) is 3. The first-order valence-electron chi connectivity index (χ1n) is 13.7. The average Bonchev–Trinajstić information content (AvgIpc) is 3.15. The first-order chi connectivity index (χ1) is 17.4. The van der Waals surface area contributed by atoms with Crippen LogP contribution in [0, 0.1) is 5.92 Å². The van der Waals surface area contributed by atoms with E-state index in [9.17, 15) is 4.79 Å². The molecule has 1 radical (unpaired) electrons. The van der Waals surface area contributed by atoms with E-state index in [1.807, 2.05) is 20.8 Å². The van der Waals surface area contributed by atoms with Gasteiger partial charge < -0.3 is 0 Å². The molecule has 5 nitrogen and oxygen atoms in total. The monoisotopic (exact) mass is 588 g/mol. The quantitative estimate of drug-likeness (QED) is 0.268. The fourth-order valence-corrected chi connectivity index (χ4v) is 7.11. The van der Waals surface area contributed by atoms with Gasteiger partial charge in [-0.15, -0.1) is 0 Å².